The molecule has 0 heterocycles. The molecule has 0 aliphatic heterocycles. The number of anilines is 2. The lowest BCUT2D eigenvalue weighted by molar-refractivity contribution is -0.114. The van der Waals surface area contributed by atoms with Gasteiger partial charge in [-0.2, -0.15) is 0 Å². The van der Waals surface area contributed by atoms with Crippen molar-refractivity contribution in [2.45, 2.75) is 58.0 Å². The number of para-hydroxylation sites is 2. The van der Waals surface area contributed by atoms with E-state index in [0.29, 0.717) is 6.04 Å². The second-order valence-electron chi connectivity index (χ2n) is 7.78. The van der Waals surface area contributed by atoms with E-state index >= 15 is 0 Å². The van der Waals surface area contributed by atoms with Crippen LogP contribution in [-0.4, -0.2) is 30.4 Å². The van der Waals surface area contributed by atoms with E-state index in [0.717, 1.165) is 29.9 Å². The first-order valence-electron chi connectivity index (χ1n) is 10.6. The lowest BCUT2D eigenvalue weighted by Gasteiger charge is -2.31. The van der Waals surface area contributed by atoms with Crippen LogP contribution in [0.3, 0.4) is 0 Å². The Labute approximate surface area is 169 Å². The second-order valence-corrected chi connectivity index (χ2v) is 7.78. The van der Waals surface area contributed by atoms with Crippen LogP contribution < -0.4 is 10.6 Å². The summed E-state index contributed by atoms with van der Waals surface area (Å²) in [6.07, 6.45) is 7.55. The first-order valence-corrected chi connectivity index (χ1v) is 10.6. The molecule has 1 aliphatic carbocycles. The van der Waals surface area contributed by atoms with Gasteiger partial charge in [0, 0.05) is 24.0 Å². The van der Waals surface area contributed by atoms with Crippen molar-refractivity contribution >= 4 is 17.3 Å². The predicted molar refractivity (Wildman–Crippen MR) is 118 cm³/mol. The van der Waals surface area contributed by atoms with Gasteiger partial charge in [-0.05, 0) is 49.6 Å². The molecule has 1 saturated carbocycles. The molecule has 0 unspecified atom stereocenters. The van der Waals surface area contributed by atoms with Crippen LogP contribution in [0.5, 0.6) is 0 Å². The molecule has 0 saturated heterocycles. The molecule has 1 fully saturated rings. The smallest absolute Gasteiger partial charge is 0.243 e. The molecule has 2 aromatic carbocycles. The molecule has 4 nitrogen and oxygen atoms in total. The van der Waals surface area contributed by atoms with Gasteiger partial charge in [-0.1, -0.05) is 62.6 Å². The second kappa shape index (κ2) is 10.3. The van der Waals surface area contributed by atoms with Gasteiger partial charge in [0.1, 0.15) is 0 Å². The highest BCUT2D eigenvalue weighted by molar-refractivity contribution is 5.94. The molecule has 28 heavy (non-hydrogen) atoms. The van der Waals surface area contributed by atoms with Crippen LogP contribution in [0.4, 0.5) is 11.4 Å². The van der Waals surface area contributed by atoms with E-state index in [1.165, 1.54) is 37.7 Å². The van der Waals surface area contributed by atoms with Gasteiger partial charge in [-0.25, -0.2) is 0 Å². The fraction of sp³-hybridized carbons (Fsp3) is 0.458. The maximum Gasteiger partial charge on any atom is 0.243 e. The van der Waals surface area contributed by atoms with E-state index in [-0.39, 0.29) is 12.5 Å². The molecule has 0 aromatic heterocycles. The third-order valence-electron chi connectivity index (χ3n) is 5.75. The summed E-state index contributed by atoms with van der Waals surface area (Å²) in [5, 5.41) is 6.37. The fourth-order valence-corrected chi connectivity index (χ4v) is 4.07. The summed E-state index contributed by atoms with van der Waals surface area (Å²) in [6.45, 7) is 3.28. The van der Waals surface area contributed by atoms with Crippen molar-refractivity contribution in [3.8, 4) is 0 Å². The van der Waals surface area contributed by atoms with Gasteiger partial charge in [0.2, 0.25) is 5.91 Å². The number of carbonyl (C=O) groups excluding carboxylic acids is 1. The maximum absolute atomic E-state index is 12.5. The van der Waals surface area contributed by atoms with Crippen molar-refractivity contribution in [1.29, 1.82) is 0 Å². The Balaban J connectivity index is 1.57. The minimum atomic E-state index is -0.0173. The number of hydrogen-bond donors (Lipinski definition) is 2. The van der Waals surface area contributed by atoms with Crippen LogP contribution in [0.25, 0.3) is 0 Å². The summed E-state index contributed by atoms with van der Waals surface area (Å²) in [5.41, 5.74) is 4.36. The Bertz CT molecular complexity index is 768. The van der Waals surface area contributed by atoms with Gasteiger partial charge < -0.3 is 10.6 Å². The van der Waals surface area contributed by atoms with Gasteiger partial charge in [0.25, 0.3) is 0 Å². The fourth-order valence-electron chi connectivity index (χ4n) is 4.07. The highest BCUT2D eigenvalue weighted by Gasteiger charge is 2.18. The van der Waals surface area contributed by atoms with Gasteiger partial charge in [-0.15, -0.1) is 0 Å². The Morgan fingerprint density at radius 2 is 1.61 bits per heavy atom. The van der Waals surface area contributed by atoms with E-state index in [2.05, 4.69) is 53.8 Å². The number of aryl methyl sites for hydroxylation is 1. The summed E-state index contributed by atoms with van der Waals surface area (Å²) in [7, 11) is 2.22. The van der Waals surface area contributed by atoms with Crippen LogP contribution in [0.1, 0.15) is 50.2 Å². The van der Waals surface area contributed by atoms with Crippen LogP contribution in [0.15, 0.2) is 48.5 Å². The van der Waals surface area contributed by atoms with Gasteiger partial charge >= 0.3 is 0 Å². The molecule has 3 rings (SSSR count). The SMILES string of the molecule is CCc1ccccc1NC(=O)CNc1ccccc1CN(C)C1CCCCC1. The quantitative estimate of drug-likeness (QED) is 0.673. The molecule has 150 valence electrons. The summed E-state index contributed by atoms with van der Waals surface area (Å²) in [6, 6.07) is 17.0. The molecular formula is C24H33N3O. The van der Waals surface area contributed by atoms with Gasteiger partial charge in [-0.3, -0.25) is 9.69 Å². The van der Waals surface area contributed by atoms with E-state index in [4.69, 9.17) is 0 Å². The Hall–Kier alpha value is -2.33. The Morgan fingerprint density at radius 3 is 2.32 bits per heavy atom. The number of rotatable bonds is 8. The Morgan fingerprint density at radius 1 is 0.964 bits per heavy atom. The maximum atomic E-state index is 12.5. The van der Waals surface area contributed by atoms with Crippen molar-refractivity contribution in [1.82, 2.24) is 4.90 Å². The van der Waals surface area contributed by atoms with E-state index in [1.807, 2.05) is 24.3 Å². The average molecular weight is 380 g/mol. The summed E-state index contributed by atoms with van der Waals surface area (Å²) < 4.78 is 0. The first kappa shape index (κ1) is 20.4. The normalized spacial score (nSPS) is 14.8. The molecular weight excluding hydrogens is 346 g/mol. The molecule has 0 bridgehead atoms. The van der Waals surface area contributed by atoms with Crippen molar-refractivity contribution < 1.29 is 4.79 Å². The summed E-state index contributed by atoms with van der Waals surface area (Å²) in [4.78, 5) is 14.9. The third kappa shape index (κ3) is 5.59. The zero-order chi connectivity index (χ0) is 19.8. The van der Waals surface area contributed by atoms with Crippen LogP contribution in [0.2, 0.25) is 0 Å². The molecule has 2 N–H and O–H groups in total. The molecule has 1 aliphatic rings. The number of benzene rings is 2. The Kier molecular flexibility index (Phi) is 7.49. The molecule has 4 heteroatoms. The van der Waals surface area contributed by atoms with Crippen LogP contribution in [0, 0.1) is 0 Å². The highest BCUT2D eigenvalue weighted by Crippen LogP contribution is 2.25. The molecule has 2 aromatic rings. The van der Waals surface area contributed by atoms with Crippen molar-refractivity contribution in [2.75, 3.05) is 24.2 Å². The number of hydrogen-bond acceptors (Lipinski definition) is 3. The first-order chi connectivity index (χ1) is 13.7. The van der Waals surface area contributed by atoms with Gasteiger partial charge in [0.05, 0.1) is 6.54 Å². The van der Waals surface area contributed by atoms with Crippen molar-refractivity contribution in [3.05, 3.63) is 59.7 Å². The standard InChI is InChI=1S/C24H33N3O/c1-3-19-11-7-10-16-23(19)26-24(28)17-25-22-15-9-8-12-20(22)18-27(2)21-13-5-4-6-14-21/h7-12,15-16,21,25H,3-6,13-14,17-18H2,1-2H3,(H,26,28). The largest absolute Gasteiger partial charge is 0.376 e. The monoisotopic (exact) mass is 379 g/mol. The summed E-state index contributed by atoms with van der Waals surface area (Å²) in [5.74, 6) is -0.0173. The summed E-state index contributed by atoms with van der Waals surface area (Å²) >= 11 is 0. The van der Waals surface area contributed by atoms with E-state index < -0.39 is 0 Å². The molecule has 1 amide bonds. The highest BCUT2D eigenvalue weighted by atomic mass is 16.1. The number of nitrogens with one attached hydrogen (secondary N) is 2. The predicted octanol–water partition coefficient (Wildman–Crippen LogP) is 5.06. The minimum absolute atomic E-state index is 0.0173. The minimum Gasteiger partial charge on any atom is -0.376 e. The topological polar surface area (TPSA) is 44.4 Å². The molecule has 0 radical (unpaired) electrons. The zero-order valence-electron chi connectivity index (χ0n) is 17.2. The van der Waals surface area contributed by atoms with Crippen LogP contribution >= 0.6 is 0 Å². The van der Waals surface area contributed by atoms with E-state index in [1.54, 1.807) is 0 Å². The molecule has 0 spiro atoms. The molecule has 0 atom stereocenters. The number of nitrogens with zero attached hydrogens (tertiary/aromatic N) is 1. The zero-order valence-corrected chi connectivity index (χ0v) is 17.2. The lowest BCUT2D eigenvalue weighted by Crippen LogP contribution is -2.33. The number of amides is 1. The third-order valence-corrected chi connectivity index (χ3v) is 5.75. The van der Waals surface area contributed by atoms with E-state index in [9.17, 15) is 4.79 Å². The lowest BCUT2D eigenvalue weighted by atomic mass is 9.94. The number of carbonyl (C=O) groups is 1. The van der Waals surface area contributed by atoms with Crippen LogP contribution in [-0.2, 0) is 17.8 Å². The van der Waals surface area contributed by atoms with Crippen molar-refractivity contribution in [2.24, 2.45) is 0 Å². The van der Waals surface area contributed by atoms with Crippen molar-refractivity contribution in [3.63, 3.8) is 0 Å². The van der Waals surface area contributed by atoms with Gasteiger partial charge in [0.15, 0.2) is 0 Å². The average Bonchev–Trinajstić information content (AvgIpc) is 2.74.